The number of nitrogens with one attached hydrogen (secondary N) is 2. The summed E-state index contributed by atoms with van der Waals surface area (Å²) in [7, 11) is -4.11. The van der Waals surface area contributed by atoms with Crippen molar-refractivity contribution in [2.45, 2.75) is 70.9 Å². The van der Waals surface area contributed by atoms with Gasteiger partial charge in [-0.25, -0.2) is 9.59 Å². The Balaban J connectivity index is 2.16. The first-order chi connectivity index (χ1) is 18.8. The number of carbonyl (C=O) groups excluding carboxylic acids is 2. The number of rotatable bonds is 9. The summed E-state index contributed by atoms with van der Waals surface area (Å²) >= 11 is 0. The van der Waals surface area contributed by atoms with Crippen molar-refractivity contribution in [3.05, 3.63) is 108 Å². The normalized spacial score (nSPS) is 14.8. The van der Waals surface area contributed by atoms with Crippen molar-refractivity contribution < 1.29 is 28.2 Å². The highest BCUT2D eigenvalue weighted by Crippen LogP contribution is 2.68. The van der Waals surface area contributed by atoms with E-state index in [-0.39, 0.29) is 6.61 Å². The highest BCUT2D eigenvalue weighted by Gasteiger charge is 2.47. The van der Waals surface area contributed by atoms with Gasteiger partial charge in [-0.2, -0.15) is 0 Å². The van der Waals surface area contributed by atoms with Gasteiger partial charge in [0.2, 0.25) is 0 Å². The summed E-state index contributed by atoms with van der Waals surface area (Å²) in [6.45, 7) is 10.4. The van der Waals surface area contributed by atoms with Crippen LogP contribution in [0.1, 0.15) is 69.8 Å². The van der Waals surface area contributed by atoms with Crippen molar-refractivity contribution in [3.8, 4) is 0 Å². The lowest BCUT2D eigenvalue weighted by Crippen LogP contribution is -2.39. The number of hydrogen-bond acceptors (Lipinski definition) is 6. The molecule has 0 radical (unpaired) electrons. The van der Waals surface area contributed by atoms with Crippen LogP contribution < -0.4 is 10.6 Å². The zero-order valence-electron chi connectivity index (χ0n) is 23.9. The number of alkyl carbamates (subject to hydrolysis) is 2. The SMILES string of the molecule is CC(C)(C)OC(=O)NC(c1ccccc1)P(=O)(OCc1ccccc1)C(NC(=O)OC(C)(C)C)c1ccccc1. The predicted octanol–water partition coefficient (Wildman–Crippen LogP) is 7.93. The van der Waals surface area contributed by atoms with Gasteiger partial charge in [0.15, 0.2) is 0 Å². The van der Waals surface area contributed by atoms with Crippen molar-refractivity contribution in [1.29, 1.82) is 0 Å². The summed E-state index contributed by atoms with van der Waals surface area (Å²) in [6.07, 6.45) is -1.54. The molecule has 0 aliphatic rings. The largest absolute Gasteiger partial charge is 0.444 e. The molecule has 0 saturated heterocycles. The topological polar surface area (TPSA) is 103 Å². The molecule has 2 unspecified atom stereocenters. The molecule has 2 amide bonds. The van der Waals surface area contributed by atoms with Gasteiger partial charge in [-0.05, 0) is 58.2 Å². The smallest absolute Gasteiger partial charge is 0.408 e. The van der Waals surface area contributed by atoms with Crippen molar-refractivity contribution in [1.82, 2.24) is 10.6 Å². The van der Waals surface area contributed by atoms with E-state index in [1.54, 1.807) is 90.1 Å². The Morgan fingerprint density at radius 3 is 1.35 bits per heavy atom. The second-order valence-electron chi connectivity index (χ2n) is 11.3. The van der Waals surface area contributed by atoms with E-state index < -0.39 is 42.3 Å². The average Bonchev–Trinajstić information content (AvgIpc) is 2.89. The molecule has 2 N–H and O–H groups in total. The maximum atomic E-state index is 15.4. The third kappa shape index (κ3) is 9.25. The summed E-state index contributed by atoms with van der Waals surface area (Å²) in [5, 5.41) is 5.59. The summed E-state index contributed by atoms with van der Waals surface area (Å²) in [5.74, 6) is -2.35. The van der Waals surface area contributed by atoms with E-state index in [9.17, 15) is 9.59 Å². The molecule has 8 nitrogen and oxygen atoms in total. The van der Waals surface area contributed by atoms with Crippen LogP contribution in [0.25, 0.3) is 0 Å². The zero-order valence-corrected chi connectivity index (χ0v) is 24.8. The summed E-state index contributed by atoms with van der Waals surface area (Å²) in [5.41, 5.74) is 0.228. The van der Waals surface area contributed by atoms with E-state index in [4.69, 9.17) is 14.0 Å². The number of amides is 2. The quantitative estimate of drug-likeness (QED) is 0.255. The van der Waals surface area contributed by atoms with E-state index in [0.717, 1.165) is 5.56 Å². The number of ether oxygens (including phenoxy) is 2. The van der Waals surface area contributed by atoms with E-state index in [1.807, 2.05) is 42.5 Å². The number of carbonyl (C=O) groups is 2. The zero-order chi connectivity index (χ0) is 29.4. The minimum Gasteiger partial charge on any atom is -0.444 e. The van der Waals surface area contributed by atoms with Crippen LogP contribution in [0.5, 0.6) is 0 Å². The Labute approximate surface area is 236 Å². The van der Waals surface area contributed by atoms with Crippen molar-refractivity contribution >= 4 is 19.6 Å². The fourth-order valence-corrected chi connectivity index (χ4v) is 6.61. The molecule has 9 heteroatoms. The van der Waals surface area contributed by atoms with Gasteiger partial charge in [0, 0.05) is 0 Å². The van der Waals surface area contributed by atoms with Gasteiger partial charge in [0.1, 0.15) is 22.8 Å². The molecule has 0 aliphatic heterocycles. The van der Waals surface area contributed by atoms with Crippen molar-refractivity contribution in [3.63, 3.8) is 0 Å². The Morgan fingerprint density at radius 1 is 0.650 bits per heavy atom. The van der Waals surface area contributed by atoms with Crippen molar-refractivity contribution in [2.75, 3.05) is 0 Å². The highest BCUT2D eigenvalue weighted by atomic mass is 31.2. The molecule has 0 aliphatic carbocycles. The molecule has 0 saturated carbocycles. The monoisotopic (exact) mass is 566 g/mol. The van der Waals surface area contributed by atoms with E-state index >= 15 is 4.57 Å². The van der Waals surface area contributed by atoms with Crippen molar-refractivity contribution in [2.24, 2.45) is 0 Å². The van der Waals surface area contributed by atoms with Crippen LogP contribution in [0, 0.1) is 0 Å². The van der Waals surface area contributed by atoms with Crippen LogP contribution in [0.4, 0.5) is 9.59 Å². The lowest BCUT2D eigenvalue weighted by Gasteiger charge is -2.35. The second-order valence-corrected chi connectivity index (χ2v) is 13.9. The Kier molecular flexibility index (Phi) is 10.2. The van der Waals surface area contributed by atoms with Gasteiger partial charge >= 0.3 is 12.2 Å². The first kappa shape index (κ1) is 30.9. The molecule has 2 atom stereocenters. The molecule has 0 heterocycles. The first-order valence-corrected chi connectivity index (χ1v) is 14.9. The lowest BCUT2D eigenvalue weighted by molar-refractivity contribution is 0.0513. The third-order valence-electron chi connectivity index (χ3n) is 5.53. The first-order valence-electron chi connectivity index (χ1n) is 13.1. The standard InChI is InChI=1S/C31H39N2O6P/c1-30(2,3)38-28(34)32-26(24-18-12-8-13-19-24)40(36,37-22-23-16-10-7-11-17-23)27(25-20-14-9-15-21-25)33-29(35)39-31(4,5)6/h7-21,26-27H,22H2,1-6H3,(H,32,34)(H,33,35). The molecule has 3 rings (SSSR count). The summed E-state index contributed by atoms with van der Waals surface area (Å²) in [4.78, 5) is 26.2. The fourth-order valence-electron chi connectivity index (χ4n) is 3.92. The van der Waals surface area contributed by atoms with Crippen LogP contribution in [0.3, 0.4) is 0 Å². The molecular weight excluding hydrogens is 527 g/mol. The van der Waals surface area contributed by atoms with Crippen LogP contribution in [0.15, 0.2) is 91.0 Å². The van der Waals surface area contributed by atoms with Crippen LogP contribution in [0.2, 0.25) is 0 Å². The van der Waals surface area contributed by atoms with E-state index in [1.165, 1.54) is 0 Å². The van der Waals surface area contributed by atoms with Crippen LogP contribution >= 0.6 is 7.37 Å². The fraction of sp³-hybridized carbons (Fsp3) is 0.355. The van der Waals surface area contributed by atoms with E-state index in [2.05, 4.69) is 10.6 Å². The van der Waals surface area contributed by atoms with Gasteiger partial charge in [0.05, 0.1) is 6.61 Å². The molecular formula is C31H39N2O6P. The van der Waals surface area contributed by atoms with Gasteiger partial charge in [0.25, 0.3) is 7.37 Å². The van der Waals surface area contributed by atoms with Gasteiger partial charge in [-0.3, -0.25) is 4.57 Å². The van der Waals surface area contributed by atoms with Gasteiger partial charge in [-0.15, -0.1) is 0 Å². The van der Waals surface area contributed by atoms with E-state index in [0.29, 0.717) is 11.1 Å². The molecule has 0 fully saturated rings. The molecule has 0 bridgehead atoms. The molecule has 3 aromatic rings. The number of hydrogen-bond donors (Lipinski definition) is 2. The molecule has 40 heavy (non-hydrogen) atoms. The molecule has 0 aromatic heterocycles. The lowest BCUT2D eigenvalue weighted by atomic mass is 10.2. The van der Waals surface area contributed by atoms with Crippen LogP contribution in [-0.2, 0) is 25.2 Å². The maximum Gasteiger partial charge on any atom is 0.408 e. The van der Waals surface area contributed by atoms with Gasteiger partial charge in [-0.1, -0.05) is 91.0 Å². The van der Waals surface area contributed by atoms with Crippen LogP contribution in [-0.4, -0.2) is 23.4 Å². The Morgan fingerprint density at radius 2 is 1.00 bits per heavy atom. The predicted molar refractivity (Wildman–Crippen MR) is 156 cm³/mol. The summed E-state index contributed by atoms with van der Waals surface area (Å²) in [6, 6.07) is 27.0. The summed E-state index contributed by atoms with van der Waals surface area (Å²) < 4.78 is 32.8. The Hall–Kier alpha value is -3.61. The minimum atomic E-state index is -4.11. The molecule has 0 spiro atoms. The Bertz CT molecular complexity index is 1210. The third-order valence-corrected chi connectivity index (χ3v) is 8.36. The molecule has 3 aromatic carbocycles. The minimum absolute atomic E-state index is 0.0310. The van der Waals surface area contributed by atoms with Gasteiger partial charge < -0.3 is 24.6 Å². The average molecular weight is 567 g/mol. The number of benzene rings is 3. The maximum absolute atomic E-state index is 15.4. The highest BCUT2D eigenvalue weighted by molar-refractivity contribution is 7.59. The molecule has 214 valence electrons. The second kappa shape index (κ2) is 13.2.